The van der Waals surface area contributed by atoms with Crippen molar-refractivity contribution in [1.82, 2.24) is 4.31 Å². The van der Waals surface area contributed by atoms with E-state index in [0.29, 0.717) is 23.2 Å². The molecule has 0 spiro atoms. The quantitative estimate of drug-likeness (QED) is 0.919. The first-order valence-corrected chi connectivity index (χ1v) is 8.00. The average molecular weight is 337 g/mol. The lowest BCUT2D eigenvalue weighted by atomic mass is 10.1. The van der Waals surface area contributed by atoms with Crippen LogP contribution in [0.25, 0.3) is 0 Å². The maximum absolute atomic E-state index is 13.0. The Hall–Kier alpha value is -1.61. The summed E-state index contributed by atoms with van der Waals surface area (Å²) in [6.07, 6.45) is -3.82. The molecule has 5 nitrogen and oxygen atoms in total. The Morgan fingerprint density at radius 3 is 2.45 bits per heavy atom. The van der Waals surface area contributed by atoms with Crippen molar-refractivity contribution in [2.45, 2.75) is 36.4 Å². The summed E-state index contributed by atoms with van der Waals surface area (Å²) in [4.78, 5) is 10.3. The molecule has 9 heteroatoms. The number of halogens is 3. The first kappa shape index (κ1) is 16.8. The molecule has 1 aliphatic heterocycles. The topological polar surface area (TPSA) is 74.7 Å². The summed E-state index contributed by atoms with van der Waals surface area (Å²) in [5.74, 6) is -1.35. The number of rotatable bonds is 3. The largest absolute Gasteiger partial charge is 0.480 e. The van der Waals surface area contributed by atoms with Crippen molar-refractivity contribution < 1.29 is 31.5 Å². The van der Waals surface area contributed by atoms with E-state index in [0.717, 1.165) is 12.1 Å². The lowest BCUT2D eigenvalue weighted by molar-refractivity contribution is -0.142. The molecular weight excluding hydrogens is 323 g/mol. The van der Waals surface area contributed by atoms with Gasteiger partial charge in [-0.2, -0.15) is 17.5 Å². The summed E-state index contributed by atoms with van der Waals surface area (Å²) in [5.41, 5.74) is -1.29. The van der Waals surface area contributed by atoms with E-state index in [2.05, 4.69) is 0 Å². The van der Waals surface area contributed by atoms with Crippen LogP contribution in [0.4, 0.5) is 13.2 Å². The Balaban J connectivity index is 2.53. The molecule has 1 aromatic rings. The number of carboxylic acid groups (broad SMARTS) is 1. The molecule has 0 radical (unpaired) electrons. The zero-order valence-corrected chi connectivity index (χ0v) is 12.2. The third-order valence-electron chi connectivity index (χ3n) is 3.52. The monoisotopic (exact) mass is 337 g/mol. The van der Waals surface area contributed by atoms with E-state index >= 15 is 0 Å². The van der Waals surface area contributed by atoms with Gasteiger partial charge >= 0.3 is 12.1 Å². The third-order valence-corrected chi connectivity index (χ3v) is 5.48. The molecule has 0 amide bonds. The highest BCUT2D eigenvalue weighted by Gasteiger charge is 2.42. The summed E-state index contributed by atoms with van der Waals surface area (Å²) >= 11 is 0. The van der Waals surface area contributed by atoms with E-state index in [1.54, 1.807) is 0 Å². The minimum atomic E-state index is -4.84. The second-order valence-corrected chi connectivity index (χ2v) is 6.82. The number of nitrogens with zero attached hydrogens (tertiary/aromatic N) is 1. The van der Waals surface area contributed by atoms with Crippen LogP contribution >= 0.6 is 0 Å². The van der Waals surface area contributed by atoms with Crippen molar-refractivity contribution in [2.24, 2.45) is 0 Å². The van der Waals surface area contributed by atoms with Crippen LogP contribution in [0.2, 0.25) is 0 Å². The fraction of sp³-hybridized carbons (Fsp3) is 0.462. The summed E-state index contributed by atoms with van der Waals surface area (Å²) in [5, 5.41) is 9.12. The van der Waals surface area contributed by atoms with E-state index in [1.807, 2.05) is 0 Å². The molecule has 0 aromatic heterocycles. The molecule has 0 bridgehead atoms. The Bertz CT molecular complexity index is 672. The number of hydrogen-bond acceptors (Lipinski definition) is 3. The molecule has 1 atom stereocenters. The molecule has 0 aliphatic carbocycles. The molecule has 1 saturated heterocycles. The minimum Gasteiger partial charge on any atom is -0.480 e. The van der Waals surface area contributed by atoms with Crippen LogP contribution in [-0.4, -0.2) is 36.4 Å². The van der Waals surface area contributed by atoms with Gasteiger partial charge in [-0.25, -0.2) is 8.42 Å². The lowest BCUT2D eigenvalue weighted by Gasteiger charge is -2.32. The number of hydrogen-bond donors (Lipinski definition) is 1. The van der Waals surface area contributed by atoms with Crippen molar-refractivity contribution in [3.63, 3.8) is 0 Å². The van der Waals surface area contributed by atoms with Gasteiger partial charge in [0.2, 0.25) is 10.0 Å². The summed E-state index contributed by atoms with van der Waals surface area (Å²) < 4.78 is 64.7. The van der Waals surface area contributed by atoms with Crippen LogP contribution in [0.15, 0.2) is 29.2 Å². The van der Waals surface area contributed by atoms with Crippen LogP contribution in [0, 0.1) is 0 Å². The first-order chi connectivity index (χ1) is 10.2. The fourth-order valence-electron chi connectivity index (χ4n) is 2.49. The standard InChI is InChI=1S/C13H14F3NO4S/c14-13(15,16)9-5-1-2-7-11(9)22(20,21)17-8-4-3-6-10(17)12(18)19/h1-2,5,7,10H,3-4,6,8H2,(H,18,19)/t10-/m0/s1. The second-order valence-electron chi connectivity index (χ2n) is 4.96. The smallest absolute Gasteiger partial charge is 0.417 e. The van der Waals surface area contributed by atoms with Gasteiger partial charge in [-0.05, 0) is 31.4 Å². The van der Waals surface area contributed by atoms with E-state index in [1.165, 1.54) is 6.07 Å². The second kappa shape index (κ2) is 5.88. The first-order valence-electron chi connectivity index (χ1n) is 6.56. The minimum absolute atomic E-state index is 0.0861. The van der Waals surface area contributed by atoms with Crippen LogP contribution in [-0.2, 0) is 21.0 Å². The van der Waals surface area contributed by atoms with E-state index in [4.69, 9.17) is 5.11 Å². The average Bonchev–Trinajstić information content (AvgIpc) is 2.46. The number of piperidine rings is 1. The summed E-state index contributed by atoms with van der Waals surface area (Å²) in [7, 11) is -4.54. The molecule has 1 aromatic carbocycles. The van der Waals surface area contributed by atoms with Gasteiger partial charge in [0, 0.05) is 6.54 Å². The highest BCUT2D eigenvalue weighted by atomic mass is 32.2. The van der Waals surface area contributed by atoms with E-state index in [9.17, 15) is 26.4 Å². The van der Waals surface area contributed by atoms with Crippen LogP contribution in [0.3, 0.4) is 0 Å². The maximum Gasteiger partial charge on any atom is 0.417 e. The van der Waals surface area contributed by atoms with Gasteiger partial charge in [0.25, 0.3) is 0 Å². The number of carboxylic acids is 1. The summed E-state index contributed by atoms with van der Waals surface area (Å²) in [6, 6.07) is 2.47. The lowest BCUT2D eigenvalue weighted by Crippen LogP contribution is -2.48. The van der Waals surface area contributed by atoms with Crippen molar-refractivity contribution in [1.29, 1.82) is 0 Å². The van der Waals surface area contributed by atoms with Crippen LogP contribution in [0.1, 0.15) is 24.8 Å². The molecule has 1 N–H and O–H groups in total. The Morgan fingerprint density at radius 2 is 1.86 bits per heavy atom. The van der Waals surface area contributed by atoms with Gasteiger partial charge in [0.1, 0.15) is 6.04 Å². The van der Waals surface area contributed by atoms with Crippen LogP contribution < -0.4 is 0 Å². The number of sulfonamides is 1. The van der Waals surface area contributed by atoms with Crippen molar-refractivity contribution >= 4 is 16.0 Å². The Morgan fingerprint density at radius 1 is 1.23 bits per heavy atom. The van der Waals surface area contributed by atoms with Gasteiger partial charge in [-0.3, -0.25) is 4.79 Å². The van der Waals surface area contributed by atoms with Gasteiger partial charge in [0.05, 0.1) is 10.5 Å². The number of alkyl halides is 3. The number of aliphatic carboxylic acids is 1. The Labute approximate surface area is 125 Å². The molecule has 0 unspecified atom stereocenters. The molecule has 1 aliphatic rings. The molecule has 1 heterocycles. The Kier molecular flexibility index (Phi) is 4.48. The van der Waals surface area contributed by atoms with E-state index < -0.39 is 38.7 Å². The SMILES string of the molecule is O=C(O)[C@@H]1CCCCN1S(=O)(=O)c1ccccc1C(F)(F)F. The van der Waals surface area contributed by atoms with Crippen LogP contribution in [0.5, 0.6) is 0 Å². The predicted octanol–water partition coefficient (Wildman–Crippen LogP) is 2.33. The predicted molar refractivity (Wildman–Crippen MR) is 70.6 cm³/mol. The highest BCUT2D eigenvalue weighted by molar-refractivity contribution is 7.89. The molecule has 2 rings (SSSR count). The van der Waals surface area contributed by atoms with Gasteiger partial charge < -0.3 is 5.11 Å². The maximum atomic E-state index is 13.0. The van der Waals surface area contributed by atoms with E-state index in [-0.39, 0.29) is 13.0 Å². The molecule has 122 valence electrons. The number of carbonyl (C=O) groups is 1. The summed E-state index contributed by atoms with van der Waals surface area (Å²) in [6.45, 7) is -0.106. The fourth-order valence-corrected chi connectivity index (χ4v) is 4.36. The highest BCUT2D eigenvalue weighted by Crippen LogP contribution is 2.36. The van der Waals surface area contributed by atoms with Crippen molar-refractivity contribution in [2.75, 3.05) is 6.54 Å². The normalized spacial score (nSPS) is 20.8. The zero-order chi connectivity index (χ0) is 16.5. The zero-order valence-electron chi connectivity index (χ0n) is 11.4. The molecular formula is C13H14F3NO4S. The molecule has 22 heavy (non-hydrogen) atoms. The van der Waals surface area contributed by atoms with Gasteiger partial charge in [-0.15, -0.1) is 0 Å². The van der Waals surface area contributed by atoms with Gasteiger partial charge in [-0.1, -0.05) is 12.1 Å². The third kappa shape index (κ3) is 3.09. The van der Waals surface area contributed by atoms with Gasteiger partial charge in [0.15, 0.2) is 0 Å². The van der Waals surface area contributed by atoms with Crippen molar-refractivity contribution in [3.8, 4) is 0 Å². The molecule has 0 saturated carbocycles. The van der Waals surface area contributed by atoms with Crippen molar-refractivity contribution in [3.05, 3.63) is 29.8 Å². The number of benzene rings is 1. The molecule has 1 fully saturated rings.